The Balaban J connectivity index is 0.00000103. The van der Waals surface area contributed by atoms with Crippen molar-refractivity contribution in [1.29, 1.82) is 0 Å². The molecule has 0 aliphatic carbocycles. The molecule has 1 aromatic heterocycles. The number of aromatic nitrogens is 1. The second-order valence-electron chi connectivity index (χ2n) is 8.60. The van der Waals surface area contributed by atoms with E-state index in [2.05, 4.69) is 4.98 Å². The molecule has 4 rings (SSSR count). The van der Waals surface area contributed by atoms with E-state index in [-0.39, 0.29) is 33.7 Å². The van der Waals surface area contributed by atoms with Crippen LogP contribution in [0.5, 0.6) is 11.5 Å². The highest BCUT2D eigenvalue weighted by Crippen LogP contribution is 2.44. The molecule has 2 heterocycles. The van der Waals surface area contributed by atoms with Gasteiger partial charge < -0.3 is 24.8 Å². The average molecular weight is 569 g/mol. The van der Waals surface area contributed by atoms with Gasteiger partial charge in [0.2, 0.25) is 0 Å². The van der Waals surface area contributed by atoms with Gasteiger partial charge in [-0.2, -0.15) is 0 Å². The van der Waals surface area contributed by atoms with E-state index in [1.807, 2.05) is 0 Å². The number of phenolic OH excluding ortho intramolecular Hbond substituents is 1. The van der Waals surface area contributed by atoms with E-state index >= 15 is 0 Å². The van der Waals surface area contributed by atoms with Crippen LogP contribution in [0.3, 0.4) is 0 Å². The number of benzene rings is 2. The van der Waals surface area contributed by atoms with Crippen molar-refractivity contribution in [3.05, 3.63) is 75.3 Å². The second kappa shape index (κ2) is 12.4. The van der Waals surface area contributed by atoms with Gasteiger partial charge in [0, 0.05) is 12.5 Å². The SMILES string of the molecule is CC(=O)O.CCOC(=O)c1sc(N2C(=O)C(=O)C(=C(O)c3ccc(OC)c(C)c3)C2c2ccc(O)cc2)nc1C. The zero-order valence-corrected chi connectivity index (χ0v) is 23.2. The van der Waals surface area contributed by atoms with E-state index < -0.39 is 29.7 Å². The molecular weight excluding hydrogens is 540 g/mol. The Kier molecular flexibility index (Phi) is 9.27. The van der Waals surface area contributed by atoms with Crippen molar-refractivity contribution in [2.45, 2.75) is 33.7 Å². The first-order valence-corrected chi connectivity index (χ1v) is 12.8. The van der Waals surface area contributed by atoms with Gasteiger partial charge in [0.15, 0.2) is 5.13 Å². The molecule has 1 saturated heterocycles. The summed E-state index contributed by atoms with van der Waals surface area (Å²) in [7, 11) is 1.53. The number of thiazole rings is 1. The van der Waals surface area contributed by atoms with Crippen LogP contribution in [0, 0.1) is 13.8 Å². The van der Waals surface area contributed by atoms with Gasteiger partial charge in [-0.15, -0.1) is 0 Å². The number of carbonyl (C=O) groups excluding carboxylic acids is 3. The zero-order valence-electron chi connectivity index (χ0n) is 22.4. The summed E-state index contributed by atoms with van der Waals surface area (Å²) in [4.78, 5) is 53.7. The highest BCUT2D eigenvalue weighted by Gasteiger charge is 2.48. The van der Waals surface area contributed by atoms with Gasteiger partial charge in [-0.3, -0.25) is 19.3 Å². The van der Waals surface area contributed by atoms with Gasteiger partial charge in [-0.1, -0.05) is 23.5 Å². The second-order valence-corrected chi connectivity index (χ2v) is 9.57. The molecule has 0 radical (unpaired) electrons. The van der Waals surface area contributed by atoms with Gasteiger partial charge in [0.25, 0.3) is 11.8 Å². The highest BCUT2D eigenvalue weighted by molar-refractivity contribution is 7.17. The fourth-order valence-electron chi connectivity index (χ4n) is 4.05. The van der Waals surface area contributed by atoms with Gasteiger partial charge in [0.1, 0.15) is 22.1 Å². The zero-order chi connectivity index (χ0) is 29.7. The lowest BCUT2D eigenvalue weighted by Crippen LogP contribution is -2.29. The maximum absolute atomic E-state index is 13.3. The number of carbonyl (C=O) groups is 4. The van der Waals surface area contributed by atoms with Crippen molar-refractivity contribution in [3.63, 3.8) is 0 Å². The molecule has 0 spiro atoms. The third-order valence-electron chi connectivity index (χ3n) is 5.77. The lowest BCUT2D eigenvalue weighted by atomic mass is 9.95. The number of carboxylic acids is 1. The number of hydrogen-bond donors (Lipinski definition) is 3. The summed E-state index contributed by atoms with van der Waals surface area (Å²) in [6.07, 6.45) is 0. The van der Waals surface area contributed by atoms with Crippen LogP contribution in [-0.2, 0) is 19.1 Å². The largest absolute Gasteiger partial charge is 0.508 e. The first-order valence-electron chi connectivity index (χ1n) is 12.0. The maximum atomic E-state index is 13.3. The molecule has 3 aromatic rings. The number of rotatable bonds is 6. The maximum Gasteiger partial charge on any atom is 0.350 e. The molecule has 1 atom stereocenters. The predicted octanol–water partition coefficient (Wildman–Crippen LogP) is 4.37. The van der Waals surface area contributed by atoms with Crippen LogP contribution >= 0.6 is 11.3 Å². The Morgan fingerprint density at radius 3 is 2.25 bits per heavy atom. The number of carboxylic acid groups (broad SMARTS) is 1. The number of ketones is 1. The molecule has 12 heteroatoms. The Bertz CT molecular complexity index is 1490. The minimum atomic E-state index is -1.05. The topological polar surface area (TPSA) is 164 Å². The number of aliphatic hydroxyl groups excluding tert-OH is 1. The van der Waals surface area contributed by atoms with E-state index in [4.69, 9.17) is 19.4 Å². The first kappa shape index (κ1) is 29.8. The number of nitrogens with zero attached hydrogens (tertiary/aromatic N) is 2. The molecule has 1 aliphatic rings. The van der Waals surface area contributed by atoms with E-state index in [9.17, 15) is 24.6 Å². The van der Waals surface area contributed by atoms with Crippen LogP contribution < -0.4 is 9.64 Å². The van der Waals surface area contributed by atoms with Crippen LogP contribution in [-0.4, -0.2) is 57.6 Å². The summed E-state index contributed by atoms with van der Waals surface area (Å²) in [5.74, 6) is -2.97. The van der Waals surface area contributed by atoms with E-state index in [0.717, 1.165) is 28.7 Å². The molecule has 0 saturated carbocycles. The molecule has 210 valence electrons. The molecule has 2 aromatic carbocycles. The Morgan fingerprint density at radius 2 is 1.70 bits per heavy atom. The number of phenols is 1. The van der Waals surface area contributed by atoms with Crippen molar-refractivity contribution in [2.75, 3.05) is 18.6 Å². The third kappa shape index (κ3) is 6.12. The van der Waals surface area contributed by atoms with Crippen molar-refractivity contribution in [2.24, 2.45) is 0 Å². The smallest absolute Gasteiger partial charge is 0.350 e. The number of anilines is 1. The summed E-state index contributed by atoms with van der Waals surface area (Å²) in [6.45, 7) is 6.34. The van der Waals surface area contributed by atoms with Gasteiger partial charge in [0.05, 0.1) is 31.0 Å². The number of amides is 1. The molecular formula is C28H28N2O9S. The highest BCUT2D eigenvalue weighted by atomic mass is 32.1. The van der Waals surface area contributed by atoms with E-state index in [0.29, 0.717) is 22.6 Å². The van der Waals surface area contributed by atoms with Gasteiger partial charge in [-0.05, 0) is 62.2 Å². The van der Waals surface area contributed by atoms with Crippen molar-refractivity contribution in [1.82, 2.24) is 4.98 Å². The van der Waals surface area contributed by atoms with Crippen molar-refractivity contribution < 1.29 is 44.0 Å². The average Bonchev–Trinajstić information content (AvgIpc) is 3.40. The monoisotopic (exact) mass is 568 g/mol. The molecule has 1 aliphatic heterocycles. The predicted molar refractivity (Wildman–Crippen MR) is 147 cm³/mol. The summed E-state index contributed by atoms with van der Waals surface area (Å²) in [5, 5.41) is 28.6. The van der Waals surface area contributed by atoms with Crippen LogP contribution in [0.4, 0.5) is 5.13 Å². The minimum Gasteiger partial charge on any atom is -0.508 e. The Morgan fingerprint density at radius 1 is 1.07 bits per heavy atom. The first-order chi connectivity index (χ1) is 18.9. The number of aromatic hydroxyl groups is 1. The van der Waals surface area contributed by atoms with Crippen molar-refractivity contribution in [3.8, 4) is 11.5 Å². The molecule has 11 nitrogen and oxygen atoms in total. The number of aryl methyl sites for hydroxylation is 2. The molecule has 0 bridgehead atoms. The summed E-state index contributed by atoms with van der Waals surface area (Å²) < 4.78 is 10.4. The fourth-order valence-corrected chi connectivity index (χ4v) is 5.04. The lowest BCUT2D eigenvalue weighted by Gasteiger charge is -2.23. The van der Waals surface area contributed by atoms with Crippen LogP contribution in [0.25, 0.3) is 5.76 Å². The fraction of sp³-hybridized carbons (Fsp3) is 0.250. The Hall–Kier alpha value is -4.71. The quantitative estimate of drug-likeness (QED) is 0.168. The summed E-state index contributed by atoms with van der Waals surface area (Å²) >= 11 is 0.926. The molecule has 40 heavy (non-hydrogen) atoms. The van der Waals surface area contributed by atoms with Gasteiger partial charge in [-0.25, -0.2) is 9.78 Å². The number of Topliss-reactive ketones (excluding diaryl/α,β-unsaturated/α-hetero) is 1. The third-order valence-corrected chi connectivity index (χ3v) is 6.91. The number of ether oxygens (including phenoxy) is 2. The number of aliphatic carboxylic acids is 1. The number of methoxy groups -OCH3 is 1. The lowest BCUT2D eigenvalue weighted by molar-refractivity contribution is -0.134. The molecule has 3 N–H and O–H groups in total. The number of esters is 1. The van der Waals surface area contributed by atoms with E-state index in [1.54, 1.807) is 51.1 Å². The standard InChI is InChI=1S/C26H24N2O7S.C2H4O2/c1-5-35-25(33)23-14(3)27-26(36-23)28-20(15-6-9-17(29)10-7-15)19(22(31)24(28)32)21(30)16-8-11-18(34-4)13(2)12-16;1-2(3)4/h6-12,20,29-30H,5H2,1-4H3;1H3,(H,3,4). The molecule has 1 fully saturated rings. The van der Waals surface area contributed by atoms with E-state index in [1.165, 1.54) is 19.2 Å². The van der Waals surface area contributed by atoms with Crippen LogP contribution in [0.1, 0.15) is 51.9 Å². The Labute approximate surface area is 233 Å². The normalized spacial score (nSPS) is 15.8. The van der Waals surface area contributed by atoms with Crippen molar-refractivity contribution >= 4 is 45.9 Å². The van der Waals surface area contributed by atoms with Crippen LogP contribution in [0.15, 0.2) is 48.0 Å². The van der Waals surface area contributed by atoms with Gasteiger partial charge >= 0.3 is 11.9 Å². The summed E-state index contributed by atoms with van der Waals surface area (Å²) in [5.41, 5.74) is 1.74. The molecule has 1 amide bonds. The molecule has 1 unspecified atom stereocenters. The van der Waals surface area contributed by atoms with Crippen LogP contribution in [0.2, 0.25) is 0 Å². The number of hydrogen-bond acceptors (Lipinski definition) is 10. The number of aliphatic hydroxyl groups is 1. The minimum absolute atomic E-state index is 0.00355. The summed E-state index contributed by atoms with van der Waals surface area (Å²) in [6, 6.07) is 9.81.